The molecule has 3 atom stereocenters. The Kier molecular flexibility index (Phi) is 61.0. The van der Waals surface area contributed by atoms with E-state index >= 15 is 0 Å². The Bertz CT molecular complexity index is 3120. The van der Waals surface area contributed by atoms with Crippen LogP contribution in [0.2, 0.25) is 0 Å². The van der Waals surface area contributed by atoms with Crippen LogP contribution in [0, 0.1) is 16.7 Å². The second-order valence-electron chi connectivity index (χ2n) is 24.3. The van der Waals surface area contributed by atoms with Crippen LogP contribution >= 0.6 is 0 Å². The van der Waals surface area contributed by atoms with Gasteiger partial charge in [-0.15, -0.1) is 0 Å². The van der Waals surface area contributed by atoms with E-state index in [1.807, 2.05) is 24.3 Å². The van der Waals surface area contributed by atoms with Gasteiger partial charge in [0.25, 0.3) is 0 Å². The van der Waals surface area contributed by atoms with Gasteiger partial charge in [-0.1, -0.05) is 117 Å². The minimum atomic E-state index is 0.0478. The van der Waals surface area contributed by atoms with Gasteiger partial charge in [0, 0.05) is 45.8 Å². The van der Waals surface area contributed by atoms with Gasteiger partial charge < -0.3 is 0 Å². The number of rotatable bonds is 45. The van der Waals surface area contributed by atoms with Crippen molar-refractivity contribution in [3.05, 3.63) is 93.0 Å². The molecule has 4 rings (SSSR count). The number of carbonyl (C=O) groups excluding carboxylic acids is 12. The van der Waals surface area contributed by atoms with E-state index in [4.69, 9.17) is 0 Å². The van der Waals surface area contributed by atoms with Crippen LogP contribution in [-0.4, -0.2) is 202 Å². The van der Waals surface area contributed by atoms with Crippen LogP contribution < -0.4 is 0 Å². The molecule has 1 aliphatic carbocycles. The normalized spacial score (nSPS) is 15.1. The molecule has 103 heavy (non-hydrogen) atoms. The first-order valence-electron chi connectivity index (χ1n) is 34.7. The van der Waals surface area contributed by atoms with Gasteiger partial charge in [-0.3, -0.25) is 117 Å². The molecule has 0 aromatic heterocycles. The highest BCUT2D eigenvalue weighted by molar-refractivity contribution is 6.16. The van der Waals surface area contributed by atoms with Gasteiger partial charge in [-0.2, -0.15) is 0 Å². The zero-order valence-electron chi connectivity index (χ0n) is 61.6. The SMILES string of the molecule is CC(CCCN=CC=O)CN=CC=O.CC1(C)CC(N=CC=O)CC(C)(CN=CC=O)C1.CCc1cc(Cc2cc(CC)c(N=CC=O)c(CC)c2)cc(CC)c1N=CC=O.O=CC=NCCCCCCN=CC=O.O=CC=NCCCCN=CC=O.O=CC=NCc1cccc(CN=CC=O)c1. The number of nitrogens with zero attached hydrogens (tertiary/aromatic N) is 12. The predicted molar refractivity (Wildman–Crippen MR) is 421 cm³/mol. The Morgan fingerprint density at radius 3 is 1.10 bits per heavy atom. The lowest BCUT2D eigenvalue weighted by Gasteiger charge is -2.44. The number of aldehydes is 12. The van der Waals surface area contributed by atoms with Crippen molar-refractivity contribution < 1.29 is 57.5 Å². The number of hydrogen-bond donors (Lipinski definition) is 0. The van der Waals surface area contributed by atoms with E-state index in [9.17, 15) is 57.5 Å². The Morgan fingerprint density at radius 1 is 0.388 bits per heavy atom. The lowest BCUT2D eigenvalue weighted by Crippen LogP contribution is -2.39. The van der Waals surface area contributed by atoms with E-state index in [0.29, 0.717) is 108 Å². The number of hydrogen-bond acceptors (Lipinski definition) is 24. The molecule has 0 radical (unpaired) electrons. The lowest BCUT2D eigenvalue weighted by atomic mass is 9.63. The quantitative estimate of drug-likeness (QED) is 0.0289. The van der Waals surface area contributed by atoms with Gasteiger partial charge in [0.05, 0.1) is 105 Å². The van der Waals surface area contributed by atoms with Crippen molar-refractivity contribution in [2.75, 3.05) is 45.8 Å². The summed E-state index contributed by atoms with van der Waals surface area (Å²) >= 11 is 0. The predicted octanol–water partition coefficient (Wildman–Crippen LogP) is 11.0. The molecule has 3 aromatic carbocycles. The number of benzene rings is 3. The van der Waals surface area contributed by atoms with E-state index in [-0.39, 0.29) is 16.9 Å². The van der Waals surface area contributed by atoms with E-state index in [1.54, 1.807) is 0 Å². The first kappa shape index (κ1) is 94.8. The van der Waals surface area contributed by atoms with Gasteiger partial charge in [-0.25, -0.2) is 0 Å². The molecular formula is C79H108N12O12. The average molecular weight is 1420 g/mol. The van der Waals surface area contributed by atoms with Crippen molar-refractivity contribution in [1.29, 1.82) is 0 Å². The summed E-state index contributed by atoms with van der Waals surface area (Å²) in [6, 6.07) is 16.7. The summed E-state index contributed by atoms with van der Waals surface area (Å²) in [6.07, 6.45) is 38.8. The molecule has 0 aliphatic heterocycles. The van der Waals surface area contributed by atoms with Gasteiger partial charge in [0.1, 0.15) is 0 Å². The van der Waals surface area contributed by atoms with Crippen LogP contribution in [-0.2, 0) is 103 Å². The van der Waals surface area contributed by atoms with Crippen molar-refractivity contribution in [3.63, 3.8) is 0 Å². The Hall–Kier alpha value is -10.3. The molecule has 0 N–H and O–H groups in total. The monoisotopic (exact) mass is 1420 g/mol. The van der Waals surface area contributed by atoms with Gasteiger partial charge in [-0.05, 0) is 151 Å². The molecule has 24 heteroatoms. The molecule has 0 spiro atoms. The third kappa shape index (κ3) is 51.5. The first-order valence-corrected chi connectivity index (χ1v) is 34.7. The van der Waals surface area contributed by atoms with E-state index in [1.165, 1.54) is 85.7 Å². The van der Waals surface area contributed by atoms with Crippen LogP contribution in [0.1, 0.15) is 171 Å². The van der Waals surface area contributed by atoms with Crippen molar-refractivity contribution >= 4 is 161 Å². The highest BCUT2D eigenvalue weighted by atomic mass is 16.1. The van der Waals surface area contributed by atoms with E-state index < -0.39 is 0 Å². The average Bonchev–Trinajstić information content (AvgIpc) is 0.817. The topological polar surface area (TPSA) is 353 Å². The third-order valence-corrected chi connectivity index (χ3v) is 15.0. The maximum atomic E-state index is 10.7. The summed E-state index contributed by atoms with van der Waals surface area (Å²) in [6.45, 7) is 22.8. The van der Waals surface area contributed by atoms with Crippen LogP contribution in [0.4, 0.5) is 11.4 Å². The van der Waals surface area contributed by atoms with Crippen LogP contribution in [0.15, 0.2) is 108 Å². The number of carbonyl (C=O) groups is 12. The lowest BCUT2D eigenvalue weighted by molar-refractivity contribution is -0.103. The Balaban J connectivity index is 0. The van der Waals surface area contributed by atoms with Crippen LogP contribution in [0.3, 0.4) is 0 Å². The second-order valence-corrected chi connectivity index (χ2v) is 24.3. The van der Waals surface area contributed by atoms with E-state index in [0.717, 1.165) is 179 Å². The minimum absolute atomic E-state index is 0.0478. The zero-order valence-corrected chi connectivity index (χ0v) is 61.6. The molecule has 1 aliphatic rings. The van der Waals surface area contributed by atoms with Crippen LogP contribution in [0.25, 0.3) is 0 Å². The summed E-state index contributed by atoms with van der Waals surface area (Å²) in [5, 5.41) is 0. The minimum Gasteiger partial charge on any atom is -0.297 e. The van der Waals surface area contributed by atoms with Crippen molar-refractivity contribution in [1.82, 2.24) is 0 Å². The maximum Gasteiger partial charge on any atom is 0.161 e. The molecule has 24 nitrogen and oxygen atoms in total. The zero-order chi connectivity index (χ0) is 76.7. The fourth-order valence-electron chi connectivity index (χ4n) is 10.9. The molecule has 0 heterocycles. The first-order chi connectivity index (χ1) is 50.0. The molecule has 1 fully saturated rings. The number of aryl methyl sites for hydroxylation is 4. The largest absolute Gasteiger partial charge is 0.297 e. The van der Waals surface area contributed by atoms with Gasteiger partial charge in [0.2, 0.25) is 0 Å². The molecule has 0 amide bonds. The van der Waals surface area contributed by atoms with Gasteiger partial charge in [0.15, 0.2) is 75.4 Å². The standard InChI is InChI=1S/C25H30N2O2.C14H22N2O2.C12H12N2O2.2C10H16N2O2.C8H12N2O2/c1-5-20-14-18(15-21(6-2)24(20)26-9-11-28)13-19-16-22(7-3)25(27-10-12-29)23(8-4)17-19;1-13(2)8-12(16-5-7-18)9-14(3,10-13)11-15-4-6-17;15-6-4-13-9-11-2-1-3-12(8-11)10-14-5-7-16;1-10(9-12-6-8-14)3-2-4-11-5-7-13;13-9-7-11-5-3-1-2-4-6-12-8-10-14;11-7-5-9-3-1-2-4-10-6-8-12/h9-12,14-17H,5-8,13H2,1-4H3;4-7,12H,8-11H2,1-3H3;1-8H,9-10H2;5-8,10H,2-4,9H2,1H3;7-10H,1-6H2;5-8H,1-4H2. The van der Waals surface area contributed by atoms with Crippen molar-refractivity contribution in [2.45, 2.75) is 177 Å². The maximum absolute atomic E-state index is 10.7. The number of unbranched alkanes of at least 4 members (excludes halogenated alkanes) is 4. The van der Waals surface area contributed by atoms with Crippen molar-refractivity contribution in [3.8, 4) is 0 Å². The molecule has 0 bridgehead atoms. The summed E-state index contributed by atoms with van der Waals surface area (Å²) < 4.78 is 0. The Morgan fingerprint density at radius 2 is 0.728 bits per heavy atom. The summed E-state index contributed by atoms with van der Waals surface area (Å²) in [5.41, 5.74) is 11.3. The fraction of sp³-hybridized carbons (Fsp3) is 0.468. The Labute approximate surface area is 609 Å². The summed E-state index contributed by atoms with van der Waals surface area (Å²) in [4.78, 5) is 169. The molecule has 3 aromatic rings. The second kappa shape index (κ2) is 66.3. The highest BCUT2D eigenvalue weighted by Crippen LogP contribution is 2.47. The molecule has 556 valence electrons. The number of aliphatic imine (C=N–C) groups is 12. The molecular weight excluding hydrogens is 1310 g/mol. The third-order valence-electron chi connectivity index (χ3n) is 15.0. The summed E-state index contributed by atoms with van der Waals surface area (Å²) in [7, 11) is 0. The molecule has 3 unspecified atom stereocenters. The molecule has 1 saturated carbocycles. The smallest absolute Gasteiger partial charge is 0.161 e. The fourth-order valence-corrected chi connectivity index (χ4v) is 10.9. The summed E-state index contributed by atoms with van der Waals surface area (Å²) in [5.74, 6) is 0.456. The van der Waals surface area contributed by atoms with E-state index in [2.05, 4.69) is 140 Å². The molecule has 0 saturated heterocycles. The van der Waals surface area contributed by atoms with Gasteiger partial charge >= 0.3 is 0 Å². The van der Waals surface area contributed by atoms with Crippen molar-refractivity contribution in [2.24, 2.45) is 76.7 Å². The highest BCUT2D eigenvalue weighted by Gasteiger charge is 2.41. The van der Waals surface area contributed by atoms with Crippen LogP contribution in [0.5, 0.6) is 0 Å².